The van der Waals surface area contributed by atoms with Gasteiger partial charge in [0.15, 0.2) is 0 Å². The van der Waals surface area contributed by atoms with Gasteiger partial charge in [0.2, 0.25) is 0 Å². The first-order valence-electron chi connectivity index (χ1n) is 10.0. The Labute approximate surface area is 132 Å². The van der Waals surface area contributed by atoms with Crippen LogP contribution in [0.4, 0.5) is 0 Å². The van der Waals surface area contributed by atoms with Crippen LogP contribution in [0.15, 0.2) is 0 Å². The predicted molar refractivity (Wildman–Crippen MR) is 90.0 cm³/mol. The van der Waals surface area contributed by atoms with Crippen molar-refractivity contribution in [3.05, 3.63) is 0 Å². The summed E-state index contributed by atoms with van der Waals surface area (Å²) in [4.78, 5) is 0. The lowest BCUT2D eigenvalue weighted by Crippen LogP contribution is -2.32. The molecule has 0 N–H and O–H groups in total. The molecule has 0 radical (unpaired) electrons. The number of fused-ring (bicyclic) bond motifs is 2. The van der Waals surface area contributed by atoms with E-state index in [4.69, 9.17) is 0 Å². The van der Waals surface area contributed by atoms with E-state index in [0.29, 0.717) is 0 Å². The van der Waals surface area contributed by atoms with E-state index in [1.807, 2.05) is 0 Å². The van der Waals surface area contributed by atoms with Gasteiger partial charge in [-0.2, -0.15) is 0 Å². The third-order valence-corrected chi connectivity index (χ3v) is 8.52. The van der Waals surface area contributed by atoms with Crippen molar-refractivity contribution in [1.82, 2.24) is 0 Å². The lowest BCUT2D eigenvalue weighted by atomic mass is 9.65. The third-order valence-electron chi connectivity index (χ3n) is 8.52. The van der Waals surface area contributed by atoms with Gasteiger partial charge < -0.3 is 0 Å². The Morgan fingerprint density at radius 2 is 1.57 bits per heavy atom. The van der Waals surface area contributed by atoms with E-state index in [9.17, 15) is 0 Å². The highest BCUT2D eigenvalue weighted by atomic mass is 14.7. The normalized spacial score (nSPS) is 52.3. The molecule has 5 fully saturated rings. The molecule has 0 heteroatoms. The summed E-state index contributed by atoms with van der Waals surface area (Å²) in [6.07, 6.45) is 12.6. The highest BCUT2D eigenvalue weighted by Gasteiger charge is 2.70. The molecule has 0 aromatic rings. The molecule has 5 rings (SSSR count). The first kappa shape index (κ1) is 14.6. The van der Waals surface area contributed by atoms with Gasteiger partial charge in [-0.3, -0.25) is 0 Å². The molecule has 5 aliphatic rings. The standard InChI is InChI=1S/C11H18.C10H18/c1-7(2)9-5-8-6-11(8)4-3-10(9)11;1-7(2)10-6-8-3-4-9(10)5-8/h7-10H,3-6H2,1-2H3;7-10H,3-6H2,1-2H3/t8-,9?,10+,11?;/m1./s1. The van der Waals surface area contributed by atoms with Crippen LogP contribution in [-0.4, -0.2) is 0 Å². The fourth-order valence-electron chi connectivity index (χ4n) is 7.14. The first-order valence-corrected chi connectivity index (χ1v) is 10.0. The van der Waals surface area contributed by atoms with Crippen molar-refractivity contribution in [2.75, 3.05) is 0 Å². The number of rotatable bonds is 2. The van der Waals surface area contributed by atoms with E-state index in [2.05, 4.69) is 27.7 Å². The van der Waals surface area contributed by atoms with Gasteiger partial charge in [-0.05, 0) is 97.7 Å². The predicted octanol–water partition coefficient (Wildman–Crippen LogP) is 6.16. The van der Waals surface area contributed by atoms with Crippen molar-refractivity contribution in [2.24, 2.45) is 52.8 Å². The van der Waals surface area contributed by atoms with Gasteiger partial charge in [-0.25, -0.2) is 0 Å². The minimum Gasteiger partial charge on any atom is -0.0625 e. The van der Waals surface area contributed by atoms with Crippen LogP contribution in [0.2, 0.25) is 0 Å². The second kappa shape index (κ2) is 5.00. The minimum atomic E-state index is 0.953. The maximum absolute atomic E-state index is 2.42. The van der Waals surface area contributed by atoms with Crippen molar-refractivity contribution in [1.29, 1.82) is 0 Å². The van der Waals surface area contributed by atoms with Crippen LogP contribution in [0.5, 0.6) is 0 Å². The molecule has 0 aromatic heterocycles. The summed E-state index contributed by atoms with van der Waals surface area (Å²) >= 11 is 0. The lowest BCUT2D eigenvalue weighted by molar-refractivity contribution is 0.0936. The van der Waals surface area contributed by atoms with Gasteiger partial charge >= 0.3 is 0 Å². The molecular formula is C21H36. The maximum atomic E-state index is 2.42. The number of hydrogen-bond donors (Lipinski definition) is 0. The van der Waals surface area contributed by atoms with Crippen molar-refractivity contribution >= 4 is 0 Å². The zero-order valence-electron chi connectivity index (χ0n) is 14.8. The largest absolute Gasteiger partial charge is 0.0625 e. The van der Waals surface area contributed by atoms with Crippen molar-refractivity contribution in [3.8, 4) is 0 Å². The van der Waals surface area contributed by atoms with Crippen molar-refractivity contribution in [3.63, 3.8) is 0 Å². The van der Waals surface area contributed by atoms with Gasteiger partial charge in [0.25, 0.3) is 0 Å². The highest BCUT2D eigenvalue weighted by molar-refractivity contribution is 5.19. The third kappa shape index (κ3) is 2.22. The smallest absolute Gasteiger partial charge is 0.0235 e. The van der Waals surface area contributed by atoms with Crippen LogP contribution >= 0.6 is 0 Å². The van der Waals surface area contributed by atoms with Gasteiger partial charge in [-0.15, -0.1) is 0 Å². The fourth-order valence-corrected chi connectivity index (χ4v) is 7.14. The summed E-state index contributed by atoms with van der Waals surface area (Å²) < 4.78 is 0. The summed E-state index contributed by atoms with van der Waals surface area (Å²) in [5.74, 6) is 8.75. The molecule has 5 saturated carbocycles. The Balaban J connectivity index is 0.000000110. The van der Waals surface area contributed by atoms with E-state index in [0.717, 1.165) is 40.9 Å². The van der Waals surface area contributed by atoms with E-state index < -0.39 is 0 Å². The van der Waals surface area contributed by atoms with Crippen LogP contribution in [0, 0.1) is 52.8 Å². The highest BCUT2D eigenvalue weighted by Crippen LogP contribution is 2.78. The molecule has 1 spiro atoms. The SMILES string of the molecule is CC(C)C1CC2CCC1C2.CC(C)C1C[C@@H]2CC23CC[C@@H]13. The molecule has 7 atom stereocenters. The molecule has 21 heavy (non-hydrogen) atoms. The van der Waals surface area contributed by atoms with E-state index in [1.54, 1.807) is 51.4 Å². The maximum Gasteiger partial charge on any atom is -0.0235 e. The Morgan fingerprint density at radius 3 is 1.90 bits per heavy atom. The molecule has 0 aromatic carbocycles. The minimum absolute atomic E-state index is 0.953. The van der Waals surface area contributed by atoms with Crippen LogP contribution in [0.3, 0.4) is 0 Å². The molecule has 0 aliphatic heterocycles. The molecular weight excluding hydrogens is 252 g/mol. The average Bonchev–Trinajstić information content (AvgIpc) is 2.73. The van der Waals surface area contributed by atoms with Crippen LogP contribution in [0.25, 0.3) is 0 Å². The van der Waals surface area contributed by atoms with Gasteiger partial charge in [-0.1, -0.05) is 34.1 Å². The van der Waals surface area contributed by atoms with E-state index >= 15 is 0 Å². The summed E-state index contributed by atoms with van der Waals surface area (Å²) in [7, 11) is 0. The van der Waals surface area contributed by atoms with Crippen LogP contribution < -0.4 is 0 Å². The van der Waals surface area contributed by atoms with Crippen LogP contribution in [0.1, 0.15) is 79.1 Å². The molecule has 0 heterocycles. The second-order valence-electron chi connectivity index (χ2n) is 10.0. The van der Waals surface area contributed by atoms with E-state index in [-0.39, 0.29) is 0 Å². The summed E-state index contributed by atoms with van der Waals surface area (Å²) in [6, 6.07) is 0. The quantitative estimate of drug-likeness (QED) is 0.571. The number of hydrogen-bond acceptors (Lipinski definition) is 0. The van der Waals surface area contributed by atoms with Gasteiger partial charge in [0.1, 0.15) is 0 Å². The Kier molecular flexibility index (Phi) is 3.47. The zero-order chi connectivity index (χ0) is 14.8. The zero-order valence-corrected chi connectivity index (χ0v) is 14.8. The molecule has 0 nitrogen and oxygen atoms in total. The molecule has 120 valence electrons. The van der Waals surface area contributed by atoms with Crippen LogP contribution in [-0.2, 0) is 0 Å². The Morgan fingerprint density at radius 1 is 0.810 bits per heavy atom. The topological polar surface area (TPSA) is 0 Å². The first-order chi connectivity index (χ1) is 10.0. The summed E-state index contributed by atoms with van der Waals surface area (Å²) in [5, 5.41) is 0. The lowest BCUT2D eigenvalue weighted by Gasteiger charge is -2.40. The monoisotopic (exact) mass is 288 g/mol. The summed E-state index contributed by atoms with van der Waals surface area (Å²) in [6.45, 7) is 9.62. The average molecular weight is 289 g/mol. The Bertz CT molecular complexity index is 391. The molecule has 0 amide bonds. The molecule has 0 saturated heterocycles. The van der Waals surface area contributed by atoms with Crippen molar-refractivity contribution in [2.45, 2.75) is 79.1 Å². The second-order valence-corrected chi connectivity index (χ2v) is 10.0. The Hall–Kier alpha value is 0. The van der Waals surface area contributed by atoms with Crippen molar-refractivity contribution < 1.29 is 0 Å². The van der Waals surface area contributed by atoms with Gasteiger partial charge in [0.05, 0.1) is 0 Å². The molecule has 5 aliphatic carbocycles. The molecule has 5 unspecified atom stereocenters. The summed E-state index contributed by atoms with van der Waals surface area (Å²) in [5.41, 5.74) is 0.953. The fraction of sp³-hybridized carbons (Fsp3) is 1.00. The van der Waals surface area contributed by atoms with Gasteiger partial charge in [0, 0.05) is 0 Å². The van der Waals surface area contributed by atoms with E-state index in [1.165, 1.54) is 11.8 Å². The molecule has 2 bridgehead atoms.